The van der Waals surface area contributed by atoms with Crippen molar-refractivity contribution in [2.75, 3.05) is 0 Å². The molecule has 0 aliphatic carbocycles. The van der Waals surface area contributed by atoms with Crippen molar-refractivity contribution < 1.29 is 14.8 Å². The van der Waals surface area contributed by atoms with E-state index in [4.69, 9.17) is 0 Å². The zero-order valence-corrected chi connectivity index (χ0v) is 16.4. The van der Waals surface area contributed by atoms with E-state index in [0.717, 1.165) is 0 Å². The van der Waals surface area contributed by atoms with Gasteiger partial charge in [-0.3, -0.25) is 30.3 Å². The molecule has 0 fully saturated rings. The van der Waals surface area contributed by atoms with Gasteiger partial charge in [0.25, 0.3) is 17.1 Å². The average Bonchev–Trinajstić information content (AvgIpc) is 3.41. The summed E-state index contributed by atoms with van der Waals surface area (Å²) in [6.07, 6.45) is 0. The van der Waals surface area contributed by atoms with Gasteiger partial charge in [0.05, 0.1) is 36.8 Å². The van der Waals surface area contributed by atoms with Crippen LogP contribution in [-0.4, -0.2) is 34.7 Å². The predicted molar refractivity (Wildman–Crippen MR) is 117 cm³/mol. The van der Waals surface area contributed by atoms with Gasteiger partial charge in [-0.2, -0.15) is 0 Å². The van der Waals surface area contributed by atoms with Gasteiger partial charge in [0.2, 0.25) is 0 Å². The Kier molecular flexibility index (Phi) is 4.30. The Balaban J connectivity index is 1.64. The topological polar surface area (TPSA) is 187 Å². The van der Waals surface area contributed by atoms with E-state index < -0.39 is 14.8 Å². The van der Waals surface area contributed by atoms with E-state index in [1.54, 1.807) is 6.07 Å². The minimum Gasteiger partial charge on any atom is -0.338 e. The normalized spacial score (nSPS) is 11.2. The number of rotatable bonds is 5. The monoisotopic (exact) mass is 445 g/mol. The van der Waals surface area contributed by atoms with E-state index in [0.29, 0.717) is 33.2 Å². The number of hydrogen-bond donors (Lipinski definition) is 2. The van der Waals surface area contributed by atoms with Crippen molar-refractivity contribution in [2.24, 2.45) is 0 Å². The second kappa shape index (κ2) is 7.19. The first kappa shape index (κ1) is 19.7. The maximum atomic E-state index is 11.5. The summed E-state index contributed by atoms with van der Waals surface area (Å²) in [6.45, 7) is 0. The van der Waals surface area contributed by atoms with Crippen molar-refractivity contribution >= 4 is 39.1 Å². The van der Waals surface area contributed by atoms with Gasteiger partial charge in [-0.25, -0.2) is 9.97 Å². The van der Waals surface area contributed by atoms with Gasteiger partial charge in [-0.1, -0.05) is 0 Å². The zero-order valence-electron chi connectivity index (χ0n) is 16.4. The summed E-state index contributed by atoms with van der Waals surface area (Å²) in [7, 11) is 0. The number of non-ortho nitro benzene ring substituents is 3. The van der Waals surface area contributed by atoms with Crippen molar-refractivity contribution in [1.82, 2.24) is 19.9 Å². The van der Waals surface area contributed by atoms with Crippen molar-refractivity contribution in [2.45, 2.75) is 0 Å². The Bertz CT molecular complexity index is 1510. The molecule has 5 aromatic rings. The molecule has 0 unspecified atom stereocenters. The molecule has 2 aromatic heterocycles. The molecule has 0 aliphatic heterocycles. The number of H-pyrrole nitrogens is 2. The first-order valence-corrected chi connectivity index (χ1v) is 9.37. The highest BCUT2D eigenvalue weighted by molar-refractivity contribution is 5.85. The molecule has 13 heteroatoms. The molecule has 5 rings (SSSR count). The molecular formula is C20H11N7O6. The molecule has 3 aromatic carbocycles. The number of nitrogens with zero attached hydrogens (tertiary/aromatic N) is 5. The number of imidazole rings is 2. The molecule has 13 nitrogen and oxygen atoms in total. The van der Waals surface area contributed by atoms with Gasteiger partial charge in [0, 0.05) is 47.5 Å². The maximum absolute atomic E-state index is 11.5. The molecule has 2 N–H and O–H groups in total. The van der Waals surface area contributed by atoms with Gasteiger partial charge >= 0.3 is 0 Å². The third kappa shape index (κ3) is 3.48. The summed E-state index contributed by atoms with van der Waals surface area (Å²) in [5, 5.41) is 33.6. The van der Waals surface area contributed by atoms with Crippen molar-refractivity contribution in [3.63, 3.8) is 0 Å². The fourth-order valence-corrected chi connectivity index (χ4v) is 3.49. The summed E-state index contributed by atoms with van der Waals surface area (Å²) < 4.78 is 0. The molecule has 162 valence electrons. The summed E-state index contributed by atoms with van der Waals surface area (Å²) >= 11 is 0. The fourth-order valence-electron chi connectivity index (χ4n) is 3.49. The fraction of sp³-hybridized carbons (Fsp3) is 0. The molecule has 0 amide bonds. The standard InChI is InChI=1S/C20H11N7O6/c28-25(29)12-1-3-15-17(8-12)23-19(21-15)10-5-11(7-14(6-10)27(32)33)20-22-16-4-2-13(26(30)31)9-18(16)24-20/h1-9H,(H,21,23)(H,22,24). The molecule has 0 aliphatic rings. The lowest BCUT2D eigenvalue weighted by molar-refractivity contribution is -0.384. The highest BCUT2D eigenvalue weighted by Gasteiger charge is 2.18. The predicted octanol–water partition coefficient (Wildman–Crippen LogP) is 4.50. The van der Waals surface area contributed by atoms with Crippen LogP contribution in [0.5, 0.6) is 0 Å². The third-order valence-corrected chi connectivity index (χ3v) is 5.03. The smallest absolute Gasteiger partial charge is 0.271 e. The van der Waals surface area contributed by atoms with Crippen LogP contribution in [0.4, 0.5) is 17.1 Å². The lowest BCUT2D eigenvalue weighted by Gasteiger charge is -2.02. The lowest BCUT2D eigenvalue weighted by atomic mass is 10.1. The van der Waals surface area contributed by atoms with Gasteiger partial charge in [-0.15, -0.1) is 0 Å². The molecule has 0 bridgehead atoms. The van der Waals surface area contributed by atoms with Crippen LogP contribution in [0.3, 0.4) is 0 Å². The molecule has 0 radical (unpaired) electrons. The quantitative estimate of drug-likeness (QED) is 0.292. The first-order valence-electron chi connectivity index (χ1n) is 9.37. The van der Waals surface area contributed by atoms with Crippen molar-refractivity contribution in [3.8, 4) is 22.8 Å². The Hall–Kier alpha value is -5.20. The summed E-state index contributed by atoms with van der Waals surface area (Å²) in [5.74, 6) is 0.560. The largest absolute Gasteiger partial charge is 0.338 e. The van der Waals surface area contributed by atoms with Crippen molar-refractivity contribution in [1.29, 1.82) is 0 Å². The molecule has 0 spiro atoms. The van der Waals surface area contributed by atoms with Gasteiger partial charge in [0.15, 0.2) is 0 Å². The molecule has 0 saturated heterocycles. The van der Waals surface area contributed by atoms with Crippen LogP contribution in [0.2, 0.25) is 0 Å². The Morgan fingerprint density at radius 3 is 1.39 bits per heavy atom. The number of hydrogen-bond acceptors (Lipinski definition) is 8. The second-order valence-electron chi connectivity index (χ2n) is 7.11. The van der Waals surface area contributed by atoms with Crippen LogP contribution in [0.25, 0.3) is 44.8 Å². The maximum Gasteiger partial charge on any atom is 0.271 e. The average molecular weight is 445 g/mol. The minimum atomic E-state index is -0.562. The number of benzene rings is 3. The Labute approximate surface area is 182 Å². The number of fused-ring (bicyclic) bond motifs is 2. The summed E-state index contributed by atoms with van der Waals surface area (Å²) in [6, 6.07) is 12.5. The van der Waals surface area contributed by atoms with Gasteiger partial charge in [-0.05, 0) is 18.2 Å². The molecule has 0 saturated carbocycles. The van der Waals surface area contributed by atoms with E-state index in [-0.39, 0.29) is 28.7 Å². The molecule has 33 heavy (non-hydrogen) atoms. The number of aromatic amines is 2. The first-order chi connectivity index (χ1) is 15.8. The lowest BCUT2D eigenvalue weighted by Crippen LogP contribution is -1.92. The number of nitro groups is 3. The third-order valence-electron chi connectivity index (χ3n) is 5.03. The highest BCUT2D eigenvalue weighted by Crippen LogP contribution is 2.32. The van der Waals surface area contributed by atoms with E-state index >= 15 is 0 Å². The highest BCUT2D eigenvalue weighted by atomic mass is 16.6. The van der Waals surface area contributed by atoms with E-state index in [9.17, 15) is 30.3 Å². The summed E-state index contributed by atoms with van der Waals surface area (Å²) in [4.78, 5) is 46.7. The van der Waals surface area contributed by atoms with Crippen molar-refractivity contribution in [3.05, 3.63) is 84.9 Å². The van der Waals surface area contributed by atoms with Crippen LogP contribution < -0.4 is 0 Å². The Morgan fingerprint density at radius 1 is 0.576 bits per heavy atom. The molecular weight excluding hydrogens is 434 g/mol. The van der Waals surface area contributed by atoms with E-state index in [1.165, 1.54) is 48.5 Å². The van der Waals surface area contributed by atoms with Crippen LogP contribution in [0, 0.1) is 30.3 Å². The second-order valence-corrected chi connectivity index (χ2v) is 7.11. The van der Waals surface area contributed by atoms with Gasteiger partial charge in [0.1, 0.15) is 11.6 Å². The Morgan fingerprint density at radius 2 is 1.00 bits per heavy atom. The molecule has 2 heterocycles. The number of nitrogens with one attached hydrogen (secondary N) is 2. The van der Waals surface area contributed by atoms with Crippen LogP contribution >= 0.6 is 0 Å². The van der Waals surface area contributed by atoms with E-state index in [1.807, 2.05) is 0 Å². The minimum absolute atomic E-state index is 0.117. The number of aromatic nitrogens is 4. The SMILES string of the molecule is O=[N+]([O-])c1cc(-c2nc3ccc([N+](=O)[O-])cc3[nH]2)cc(-c2nc3ccc([N+](=O)[O-])cc3[nH]2)c1. The van der Waals surface area contributed by atoms with Gasteiger partial charge < -0.3 is 9.97 Å². The van der Waals surface area contributed by atoms with Crippen LogP contribution in [-0.2, 0) is 0 Å². The summed E-state index contributed by atoms with van der Waals surface area (Å²) in [5.41, 5.74) is 2.00. The zero-order chi connectivity index (χ0) is 23.3. The van der Waals surface area contributed by atoms with Crippen LogP contribution in [0.1, 0.15) is 0 Å². The van der Waals surface area contributed by atoms with E-state index in [2.05, 4.69) is 19.9 Å². The van der Waals surface area contributed by atoms with Crippen LogP contribution in [0.15, 0.2) is 54.6 Å². The number of nitro benzene ring substituents is 3. The molecule has 0 atom stereocenters.